The van der Waals surface area contributed by atoms with E-state index in [-0.39, 0.29) is 5.70 Å². The Morgan fingerprint density at radius 3 is 2.42 bits per heavy atom. The summed E-state index contributed by atoms with van der Waals surface area (Å²) in [5, 5.41) is 0. The van der Waals surface area contributed by atoms with Gasteiger partial charge in [-0.05, 0) is 105 Å². The van der Waals surface area contributed by atoms with Crippen LogP contribution in [0.25, 0.3) is 6.08 Å². The average Bonchev–Trinajstić information content (AvgIpc) is 3.09. The fraction of sp³-hybridized carbons (Fsp3) is 0.0833. The number of hydrogen-bond acceptors (Lipinski definition) is 4. The van der Waals surface area contributed by atoms with Crippen LogP contribution in [0.4, 0.5) is 0 Å². The molecular formula is C24H16BrI2NO3. The number of halogens is 3. The van der Waals surface area contributed by atoms with Crippen LogP contribution in [0.2, 0.25) is 0 Å². The van der Waals surface area contributed by atoms with E-state index in [9.17, 15) is 4.79 Å². The van der Waals surface area contributed by atoms with Crippen LogP contribution in [0.15, 0.2) is 75.8 Å². The summed E-state index contributed by atoms with van der Waals surface area (Å²) in [7, 11) is 0. The standard InChI is InChI=1S/C24H16BrI2NO3/c1-14-4-2-3-5-18(14)23-28-21(24(29)31-23)12-16-10-19(26)22(20(27)11-16)30-13-15-6-8-17(25)9-7-15/h2-12H,13H2,1H3/b21-12-. The summed E-state index contributed by atoms with van der Waals surface area (Å²) >= 11 is 7.94. The lowest BCUT2D eigenvalue weighted by atomic mass is 10.1. The smallest absolute Gasteiger partial charge is 0.363 e. The van der Waals surface area contributed by atoms with Crippen molar-refractivity contribution >= 4 is 79.1 Å². The molecule has 0 saturated carbocycles. The Morgan fingerprint density at radius 2 is 1.74 bits per heavy atom. The van der Waals surface area contributed by atoms with Gasteiger partial charge in [-0.15, -0.1) is 0 Å². The third-order valence-electron chi connectivity index (χ3n) is 4.62. The largest absolute Gasteiger partial charge is 0.487 e. The molecular weight excluding hydrogens is 684 g/mol. The fourth-order valence-electron chi connectivity index (χ4n) is 3.03. The van der Waals surface area contributed by atoms with Gasteiger partial charge >= 0.3 is 5.97 Å². The number of nitrogens with zero attached hydrogens (tertiary/aromatic N) is 1. The molecule has 0 radical (unpaired) electrons. The van der Waals surface area contributed by atoms with Crippen molar-refractivity contribution in [3.05, 3.63) is 100 Å². The fourth-order valence-corrected chi connectivity index (χ4v) is 5.42. The maximum atomic E-state index is 12.4. The lowest BCUT2D eigenvalue weighted by molar-refractivity contribution is -0.129. The average molecular weight is 700 g/mol. The molecule has 1 aliphatic heterocycles. The lowest BCUT2D eigenvalue weighted by Crippen LogP contribution is -2.06. The van der Waals surface area contributed by atoms with Gasteiger partial charge in [0, 0.05) is 10.0 Å². The van der Waals surface area contributed by atoms with Crippen molar-refractivity contribution in [2.24, 2.45) is 4.99 Å². The monoisotopic (exact) mass is 699 g/mol. The van der Waals surface area contributed by atoms with Gasteiger partial charge in [0.15, 0.2) is 5.70 Å². The number of aryl methyl sites for hydroxylation is 1. The molecule has 0 saturated heterocycles. The summed E-state index contributed by atoms with van der Waals surface area (Å²) in [5.74, 6) is 0.719. The molecule has 0 N–H and O–H groups in total. The van der Waals surface area contributed by atoms with Crippen molar-refractivity contribution in [1.29, 1.82) is 0 Å². The topological polar surface area (TPSA) is 47.9 Å². The van der Waals surface area contributed by atoms with Crippen molar-refractivity contribution < 1.29 is 14.3 Å². The maximum Gasteiger partial charge on any atom is 0.363 e. The van der Waals surface area contributed by atoms with E-state index in [0.717, 1.165) is 39.6 Å². The van der Waals surface area contributed by atoms with Gasteiger partial charge in [-0.1, -0.05) is 46.3 Å². The second-order valence-corrected chi connectivity index (χ2v) is 10.1. The predicted octanol–water partition coefficient (Wildman–Crippen LogP) is 6.89. The number of cyclic esters (lactones) is 1. The van der Waals surface area contributed by atoms with Gasteiger partial charge < -0.3 is 9.47 Å². The van der Waals surface area contributed by atoms with Gasteiger partial charge in [-0.3, -0.25) is 0 Å². The lowest BCUT2D eigenvalue weighted by Gasteiger charge is -2.11. The van der Waals surface area contributed by atoms with Gasteiger partial charge in [-0.25, -0.2) is 9.79 Å². The number of aliphatic imine (C=N–C) groups is 1. The molecule has 0 atom stereocenters. The van der Waals surface area contributed by atoms with Crippen molar-refractivity contribution in [2.75, 3.05) is 0 Å². The molecule has 0 aromatic heterocycles. The first kappa shape index (κ1) is 22.5. The second-order valence-electron chi connectivity index (χ2n) is 6.88. The predicted molar refractivity (Wildman–Crippen MR) is 142 cm³/mol. The number of carbonyl (C=O) groups excluding carboxylic acids is 1. The zero-order valence-corrected chi connectivity index (χ0v) is 22.3. The Labute approximate surface area is 216 Å². The van der Waals surface area contributed by atoms with Gasteiger partial charge in [0.1, 0.15) is 12.4 Å². The molecule has 4 nitrogen and oxygen atoms in total. The molecule has 0 amide bonds. The van der Waals surface area contributed by atoms with E-state index in [1.807, 2.05) is 67.6 Å². The Kier molecular flexibility index (Phi) is 7.12. The Balaban J connectivity index is 1.56. The Hall–Kier alpha value is -1.72. The van der Waals surface area contributed by atoms with Gasteiger partial charge in [-0.2, -0.15) is 0 Å². The van der Waals surface area contributed by atoms with E-state index in [4.69, 9.17) is 9.47 Å². The Morgan fingerprint density at radius 1 is 1.06 bits per heavy atom. The minimum atomic E-state index is -0.446. The number of carbonyl (C=O) groups is 1. The third kappa shape index (κ3) is 5.38. The van der Waals surface area contributed by atoms with Gasteiger partial charge in [0.25, 0.3) is 0 Å². The molecule has 4 rings (SSSR count). The van der Waals surface area contributed by atoms with Crippen molar-refractivity contribution in [2.45, 2.75) is 13.5 Å². The van der Waals surface area contributed by atoms with Crippen LogP contribution in [0.3, 0.4) is 0 Å². The van der Waals surface area contributed by atoms with Gasteiger partial charge in [0.05, 0.1) is 7.14 Å². The summed E-state index contributed by atoms with van der Waals surface area (Å²) < 4.78 is 14.4. The molecule has 7 heteroatoms. The molecule has 3 aromatic carbocycles. The SMILES string of the molecule is Cc1ccccc1C1=N/C(=C\c2cc(I)c(OCc3ccc(Br)cc3)c(I)c2)C(=O)O1. The summed E-state index contributed by atoms with van der Waals surface area (Å²) in [5.41, 5.74) is 4.07. The first-order valence-corrected chi connectivity index (χ1v) is 12.3. The normalized spacial score (nSPS) is 14.5. The van der Waals surface area contributed by atoms with Crippen LogP contribution in [0.1, 0.15) is 22.3 Å². The molecule has 0 fully saturated rings. The Bertz CT molecular complexity index is 1200. The van der Waals surface area contributed by atoms with E-state index >= 15 is 0 Å². The highest BCUT2D eigenvalue weighted by Gasteiger charge is 2.25. The van der Waals surface area contributed by atoms with Crippen LogP contribution in [0, 0.1) is 14.1 Å². The van der Waals surface area contributed by atoms with Crippen LogP contribution in [-0.4, -0.2) is 11.9 Å². The highest BCUT2D eigenvalue weighted by atomic mass is 127. The minimum absolute atomic E-state index is 0.286. The van der Waals surface area contributed by atoms with E-state index in [1.54, 1.807) is 6.08 Å². The number of benzene rings is 3. The molecule has 156 valence electrons. The summed E-state index contributed by atoms with van der Waals surface area (Å²) in [4.78, 5) is 16.8. The molecule has 0 spiro atoms. The van der Waals surface area contributed by atoms with Crippen LogP contribution in [-0.2, 0) is 16.1 Å². The minimum Gasteiger partial charge on any atom is -0.487 e. The molecule has 0 aliphatic carbocycles. The molecule has 31 heavy (non-hydrogen) atoms. The van der Waals surface area contributed by atoms with Crippen molar-refractivity contribution in [1.82, 2.24) is 0 Å². The van der Waals surface area contributed by atoms with E-state index < -0.39 is 5.97 Å². The van der Waals surface area contributed by atoms with E-state index in [0.29, 0.717) is 12.5 Å². The highest BCUT2D eigenvalue weighted by Crippen LogP contribution is 2.31. The molecule has 3 aromatic rings. The van der Waals surface area contributed by atoms with Crippen molar-refractivity contribution in [3.63, 3.8) is 0 Å². The number of hydrogen-bond donors (Lipinski definition) is 0. The zero-order valence-electron chi connectivity index (χ0n) is 16.4. The molecule has 0 unspecified atom stereocenters. The number of ether oxygens (including phenoxy) is 2. The molecule has 0 bridgehead atoms. The van der Waals surface area contributed by atoms with Crippen molar-refractivity contribution in [3.8, 4) is 5.75 Å². The maximum absolute atomic E-state index is 12.4. The van der Waals surface area contributed by atoms with Crippen LogP contribution in [0.5, 0.6) is 5.75 Å². The second kappa shape index (κ2) is 9.83. The number of esters is 1. The molecule has 1 aliphatic rings. The summed E-state index contributed by atoms with van der Waals surface area (Å²) in [6.45, 7) is 2.45. The van der Waals surface area contributed by atoms with E-state index in [2.05, 4.69) is 66.1 Å². The third-order valence-corrected chi connectivity index (χ3v) is 6.75. The quantitative estimate of drug-likeness (QED) is 0.166. The van der Waals surface area contributed by atoms with E-state index in [1.165, 1.54) is 0 Å². The van der Waals surface area contributed by atoms with Gasteiger partial charge in [0.2, 0.25) is 5.90 Å². The van der Waals surface area contributed by atoms with Crippen LogP contribution < -0.4 is 4.74 Å². The first-order chi connectivity index (χ1) is 14.9. The first-order valence-electron chi connectivity index (χ1n) is 9.35. The molecule has 1 heterocycles. The number of rotatable bonds is 5. The summed E-state index contributed by atoms with van der Waals surface area (Å²) in [6, 6.07) is 19.7. The zero-order chi connectivity index (χ0) is 22.0. The van der Waals surface area contributed by atoms with Crippen LogP contribution >= 0.6 is 61.1 Å². The summed E-state index contributed by atoms with van der Waals surface area (Å²) in [6.07, 6.45) is 1.75. The highest BCUT2D eigenvalue weighted by molar-refractivity contribution is 14.1.